The van der Waals surface area contributed by atoms with E-state index in [9.17, 15) is 0 Å². The zero-order valence-electron chi connectivity index (χ0n) is 8.87. The predicted octanol–water partition coefficient (Wildman–Crippen LogP) is 3.98. The van der Waals surface area contributed by atoms with Crippen molar-refractivity contribution in [1.29, 1.82) is 0 Å². The zero-order chi connectivity index (χ0) is 10.1. The van der Waals surface area contributed by atoms with Gasteiger partial charge in [0, 0.05) is 10.5 Å². The van der Waals surface area contributed by atoms with Crippen LogP contribution in [0.15, 0.2) is 22.7 Å². The molecule has 1 nitrogen and oxygen atoms in total. The maximum absolute atomic E-state index is 6.22. The fraction of sp³-hybridized carbons (Fsp3) is 0.500. The number of hydrogen-bond acceptors (Lipinski definition) is 1. The van der Waals surface area contributed by atoms with Crippen molar-refractivity contribution in [3.63, 3.8) is 0 Å². The van der Waals surface area contributed by atoms with Crippen LogP contribution in [0.25, 0.3) is 0 Å². The van der Waals surface area contributed by atoms with E-state index >= 15 is 0 Å². The molecule has 0 bridgehead atoms. The molecule has 1 aliphatic carbocycles. The number of benzene rings is 1. The molecule has 0 radical (unpaired) electrons. The number of nitrogens with two attached hydrogens (primary N) is 1. The van der Waals surface area contributed by atoms with Crippen molar-refractivity contribution >= 4 is 28.3 Å². The Balaban J connectivity index is 0.00000112. The Bertz CT molecular complexity index is 336. The highest BCUT2D eigenvalue weighted by molar-refractivity contribution is 9.10. The maximum atomic E-state index is 6.22. The van der Waals surface area contributed by atoms with Crippen LogP contribution in [0, 0.1) is 12.8 Å². The van der Waals surface area contributed by atoms with Crippen LogP contribution >= 0.6 is 28.3 Å². The van der Waals surface area contributed by atoms with Crippen LogP contribution in [-0.2, 0) is 0 Å². The molecule has 1 atom stereocenters. The highest BCUT2D eigenvalue weighted by Crippen LogP contribution is 2.38. The van der Waals surface area contributed by atoms with E-state index in [0.717, 1.165) is 4.47 Å². The summed E-state index contributed by atoms with van der Waals surface area (Å²) in [5.41, 5.74) is 8.76. The van der Waals surface area contributed by atoms with Gasteiger partial charge in [-0.25, -0.2) is 0 Å². The van der Waals surface area contributed by atoms with Crippen molar-refractivity contribution in [2.45, 2.75) is 32.2 Å². The second-order valence-corrected chi connectivity index (χ2v) is 5.10. The Labute approximate surface area is 106 Å². The summed E-state index contributed by atoms with van der Waals surface area (Å²) in [6, 6.07) is 6.66. The quantitative estimate of drug-likeness (QED) is 0.876. The van der Waals surface area contributed by atoms with E-state index in [2.05, 4.69) is 41.1 Å². The van der Waals surface area contributed by atoms with Gasteiger partial charge in [0.15, 0.2) is 0 Å². The molecule has 0 spiro atoms. The molecule has 84 valence electrons. The van der Waals surface area contributed by atoms with E-state index in [1.807, 2.05) is 0 Å². The smallest absolute Gasteiger partial charge is 0.0334 e. The van der Waals surface area contributed by atoms with E-state index < -0.39 is 0 Å². The lowest BCUT2D eigenvalue weighted by Gasteiger charge is -2.32. The molecule has 0 amide bonds. The summed E-state index contributed by atoms with van der Waals surface area (Å²) >= 11 is 3.59. The molecular weight excluding hydrogens is 273 g/mol. The van der Waals surface area contributed by atoms with E-state index in [4.69, 9.17) is 5.73 Å². The summed E-state index contributed by atoms with van der Waals surface area (Å²) in [4.78, 5) is 0. The van der Waals surface area contributed by atoms with Crippen molar-refractivity contribution in [2.24, 2.45) is 11.7 Å². The first kappa shape index (κ1) is 13.0. The van der Waals surface area contributed by atoms with E-state index in [1.165, 1.54) is 30.4 Å². The minimum absolute atomic E-state index is 0. The highest BCUT2D eigenvalue weighted by Gasteiger charge is 2.26. The lowest BCUT2D eigenvalue weighted by molar-refractivity contribution is 0.264. The summed E-state index contributed by atoms with van der Waals surface area (Å²) in [5, 5.41) is 0. The van der Waals surface area contributed by atoms with Crippen LogP contribution in [0.4, 0.5) is 0 Å². The molecule has 1 aromatic rings. The maximum Gasteiger partial charge on any atom is 0.0334 e. The predicted molar refractivity (Wildman–Crippen MR) is 70.4 cm³/mol. The molecule has 2 rings (SSSR count). The second kappa shape index (κ2) is 5.33. The van der Waals surface area contributed by atoms with Gasteiger partial charge in [0.25, 0.3) is 0 Å². The van der Waals surface area contributed by atoms with Gasteiger partial charge >= 0.3 is 0 Å². The lowest BCUT2D eigenvalue weighted by atomic mass is 9.77. The zero-order valence-corrected chi connectivity index (χ0v) is 11.3. The molecule has 1 saturated carbocycles. The van der Waals surface area contributed by atoms with Crippen LogP contribution < -0.4 is 5.73 Å². The summed E-state index contributed by atoms with van der Waals surface area (Å²) in [6.45, 7) is 2.10. The molecule has 2 N–H and O–H groups in total. The Morgan fingerprint density at radius 1 is 1.40 bits per heavy atom. The van der Waals surface area contributed by atoms with Crippen molar-refractivity contribution in [2.75, 3.05) is 0 Å². The van der Waals surface area contributed by atoms with Gasteiger partial charge in [-0.2, -0.15) is 0 Å². The number of halogens is 2. The Morgan fingerprint density at radius 2 is 2.07 bits per heavy atom. The molecule has 15 heavy (non-hydrogen) atoms. The summed E-state index contributed by atoms with van der Waals surface area (Å²) in [5.74, 6) is 0.703. The van der Waals surface area contributed by atoms with Crippen LogP contribution in [-0.4, -0.2) is 0 Å². The molecule has 0 heterocycles. The van der Waals surface area contributed by atoms with E-state index in [-0.39, 0.29) is 18.4 Å². The van der Waals surface area contributed by atoms with Crippen LogP contribution in [0.2, 0.25) is 0 Å². The Hall–Kier alpha value is -0.0500. The molecule has 0 saturated heterocycles. The lowest BCUT2D eigenvalue weighted by Crippen LogP contribution is -2.27. The van der Waals surface area contributed by atoms with Gasteiger partial charge in [-0.15, -0.1) is 12.4 Å². The van der Waals surface area contributed by atoms with Gasteiger partial charge in [-0.3, -0.25) is 0 Å². The third-order valence-corrected chi connectivity index (χ3v) is 3.86. The van der Waals surface area contributed by atoms with E-state index in [0.29, 0.717) is 5.92 Å². The number of hydrogen-bond donors (Lipinski definition) is 1. The van der Waals surface area contributed by atoms with Gasteiger partial charge in [0.05, 0.1) is 0 Å². The first-order chi connectivity index (χ1) is 6.68. The van der Waals surface area contributed by atoms with Gasteiger partial charge in [-0.05, 0) is 42.9 Å². The number of aryl methyl sites for hydroxylation is 1. The minimum Gasteiger partial charge on any atom is -0.324 e. The van der Waals surface area contributed by atoms with Crippen molar-refractivity contribution in [3.05, 3.63) is 33.8 Å². The third-order valence-electron chi connectivity index (χ3n) is 3.17. The molecule has 1 aromatic carbocycles. The van der Waals surface area contributed by atoms with Crippen molar-refractivity contribution < 1.29 is 0 Å². The first-order valence-electron chi connectivity index (χ1n) is 5.20. The molecule has 0 aliphatic heterocycles. The molecule has 3 heteroatoms. The number of rotatable bonds is 2. The average molecular weight is 291 g/mol. The van der Waals surface area contributed by atoms with Gasteiger partial charge < -0.3 is 5.73 Å². The minimum atomic E-state index is 0. The largest absolute Gasteiger partial charge is 0.324 e. The summed E-state index contributed by atoms with van der Waals surface area (Å²) < 4.78 is 1.16. The third kappa shape index (κ3) is 2.74. The topological polar surface area (TPSA) is 26.0 Å². The van der Waals surface area contributed by atoms with Crippen LogP contribution in [0.3, 0.4) is 0 Å². The normalized spacial score (nSPS) is 17.8. The van der Waals surface area contributed by atoms with Gasteiger partial charge in [0.1, 0.15) is 0 Å². The summed E-state index contributed by atoms with van der Waals surface area (Å²) in [7, 11) is 0. The fourth-order valence-corrected chi connectivity index (χ4v) is 2.71. The standard InChI is InChI=1S/C12H16BrN.ClH/c1-8-5-6-10(11(13)7-8)12(14)9-3-2-4-9;/h5-7,9,12H,2-4,14H2,1H3;1H/t12-;/m0./s1. The monoisotopic (exact) mass is 289 g/mol. The molecule has 0 aromatic heterocycles. The molecule has 1 aliphatic rings. The molecule has 0 unspecified atom stereocenters. The van der Waals surface area contributed by atoms with Gasteiger partial charge in [0.2, 0.25) is 0 Å². The Kier molecular flexibility index (Phi) is 4.63. The highest BCUT2D eigenvalue weighted by atomic mass is 79.9. The second-order valence-electron chi connectivity index (χ2n) is 4.24. The van der Waals surface area contributed by atoms with Gasteiger partial charge in [-0.1, -0.05) is 34.5 Å². The molecular formula is C12H17BrClN. The van der Waals surface area contributed by atoms with Crippen LogP contribution in [0.5, 0.6) is 0 Å². The Morgan fingerprint density at radius 3 is 2.53 bits per heavy atom. The van der Waals surface area contributed by atoms with Crippen LogP contribution in [0.1, 0.15) is 36.4 Å². The van der Waals surface area contributed by atoms with Crippen molar-refractivity contribution in [3.8, 4) is 0 Å². The molecule has 1 fully saturated rings. The fourth-order valence-electron chi connectivity index (χ4n) is 1.96. The first-order valence-corrected chi connectivity index (χ1v) is 5.99. The summed E-state index contributed by atoms with van der Waals surface area (Å²) in [6.07, 6.45) is 3.94. The van der Waals surface area contributed by atoms with Crippen molar-refractivity contribution in [1.82, 2.24) is 0 Å². The average Bonchev–Trinajstić information content (AvgIpc) is 2.00. The SMILES string of the molecule is Cc1ccc([C@@H](N)C2CCC2)c(Br)c1.Cl. The van der Waals surface area contributed by atoms with E-state index in [1.54, 1.807) is 0 Å².